The monoisotopic (exact) mass is 386 g/mol. The molecule has 0 aliphatic rings. The molecule has 0 spiro atoms. The summed E-state index contributed by atoms with van der Waals surface area (Å²) in [7, 11) is 0. The van der Waals surface area contributed by atoms with Gasteiger partial charge >= 0.3 is 0 Å². The first-order valence-corrected chi connectivity index (χ1v) is 9.33. The van der Waals surface area contributed by atoms with Crippen molar-refractivity contribution >= 4 is 5.91 Å². The maximum Gasteiger partial charge on any atom is 0.258 e. The van der Waals surface area contributed by atoms with Crippen LogP contribution in [0.1, 0.15) is 22.3 Å². The number of rotatable bonds is 9. The molecule has 0 aliphatic carbocycles. The Hall–Kier alpha value is -3.62. The fourth-order valence-electron chi connectivity index (χ4n) is 2.74. The highest BCUT2D eigenvalue weighted by atomic mass is 16.5. The molecule has 5 heteroatoms. The zero-order chi connectivity index (χ0) is 20.3. The van der Waals surface area contributed by atoms with Gasteiger partial charge in [0.25, 0.3) is 5.91 Å². The van der Waals surface area contributed by atoms with E-state index in [9.17, 15) is 4.79 Å². The van der Waals surface area contributed by atoms with Crippen LogP contribution < -0.4 is 10.1 Å². The third-order valence-electron chi connectivity index (χ3n) is 4.32. The lowest BCUT2D eigenvalue weighted by Gasteiger charge is -2.12. The van der Waals surface area contributed by atoms with Gasteiger partial charge in [0.15, 0.2) is 6.61 Å². The van der Waals surface area contributed by atoms with Crippen molar-refractivity contribution in [3.05, 3.63) is 101 Å². The lowest BCUT2D eigenvalue weighted by Crippen LogP contribution is -2.28. The van der Waals surface area contributed by atoms with Gasteiger partial charge in [-0.2, -0.15) is 5.26 Å². The van der Waals surface area contributed by atoms with Crippen molar-refractivity contribution in [2.45, 2.75) is 19.8 Å². The number of carbonyl (C=O) groups is 1. The van der Waals surface area contributed by atoms with Crippen LogP contribution in [0.15, 0.2) is 78.9 Å². The molecule has 5 nitrogen and oxygen atoms in total. The summed E-state index contributed by atoms with van der Waals surface area (Å²) in [5.41, 5.74) is 3.72. The summed E-state index contributed by atoms with van der Waals surface area (Å²) in [6.45, 7) is 1.33. The fraction of sp³-hybridized carbons (Fsp3) is 0.167. The van der Waals surface area contributed by atoms with Crippen LogP contribution in [-0.4, -0.2) is 12.5 Å². The van der Waals surface area contributed by atoms with Gasteiger partial charge in [0, 0.05) is 6.54 Å². The normalized spacial score (nSPS) is 10.2. The zero-order valence-corrected chi connectivity index (χ0v) is 16.0. The second-order valence-corrected chi connectivity index (χ2v) is 6.45. The highest BCUT2D eigenvalue weighted by Gasteiger charge is 2.06. The van der Waals surface area contributed by atoms with E-state index in [1.54, 1.807) is 24.3 Å². The number of carbonyl (C=O) groups excluding carboxylic acids is 1. The first-order valence-electron chi connectivity index (χ1n) is 9.33. The van der Waals surface area contributed by atoms with E-state index in [-0.39, 0.29) is 12.5 Å². The first-order chi connectivity index (χ1) is 14.2. The lowest BCUT2D eigenvalue weighted by atomic mass is 10.1. The molecule has 3 rings (SSSR count). The Kier molecular flexibility index (Phi) is 7.39. The number of nitrogens with one attached hydrogen (secondary N) is 1. The number of hydrogen-bond donors (Lipinski definition) is 1. The summed E-state index contributed by atoms with van der Waals surface area (Å²) in [5, 5.41) is 11.7. The van der Waals surface area contributed by atoms with Crippen molar-refractivity contribution < 1.29 is 14.3 Å². The van der Waals surface area contributed by atoms with Crippen LogP contribution in [0.2, 0.25) is 0 Å². The number of nitrogens with zero attached hydrogens (tertiary/aromatic N) is 1. The third kappa shape index (κ3) is 6.49. The molecule has 0 atom stereocenters. The van der Waals surface area contributed by atoms with Gasteiger partial charge in [0.2, 0.25) is 0 Å². The molecular weight excluding hydrogens is 364 g/mol. The second-order valence-electron chi connectivity index (χ2n) is 6.45. The van der Waals surface area contributed by atoms with Gasteiger partial charge in [0.1, 0.15) is 5.75 Å². The second kappa shape index (κ2) is 10.6. The molecule has 0 saturated heterocycles. The third-order valence-corrected chi connectivity index (χ3v) is 4.32. The molecule has 1 N–H and O–H groups in total. The Labute approximate surface area is 170 Å². The van der Waals surface area contributed by atoms with Crippen LogP contribution in [0.25, 0.3) is 0 Å². The molecule has 0 unspecified atom stereocenters. The average Bonchev–Trinajstić information content (AvgIpc) is 2.78. The van der Waals surface area contributed by atoms with Gasteiger partial charge in [-0.05, 0) is 41.0 Å². The molecule has 0 fully saturated rings. The largest absolute Gasteiger partial charge is 0.484 e. The quantitative estimate of drug-likeness (QED) is 0.604. The molecule has 0 aliphatic heterocycles. The highest BCUT2D eigenvalue weighted by Crippen LogP contribution is 2.13. The van der Waals surface area contributed by atoms with E-state index in [0.717, 1.165) is 16.7 Å². The minimum Gasteiger partial charge on any atom is -0.484 e. The Morgan fingerprint density at radius 2 is 1.55 bits per heavy atom. The Balaban J connectivity index is 1.45. The topological polar surface area (TPSA) is 71.3 Å². The van der Waals surface area contributed by atoms with Gasteiger partial charge < -0.3 is 14.8 Å². The standard InChI is InChI=1S/C24H22N2O3/c25-14-19-10-12-23(13-11-19)29-18-24(27)26-15-21-8-4-5-9-22(21)17-28-16-20-6-2-1-3-7-20/h1-13H,15-18H2,(H,26,27). The highest BCUT2D eigenvalue weighted by molar-refractivity contribution is 5.77. The van der Waals surface area contributed by atoms with Crippen LogP contribution in [0.5, 0.6) is 5.75 Å². The maximum absolute atomic E-state index is 12.1. The fourth-order valence-corrected chi connectivity index (χ4v) is 2.74. The summed E-state index contributed by atoms with van der Waals surface area (Å²) >= 11 is 0. The van der Waals surface area contributed by atoms with Crippen LogP contribution in [0.4, 0.5) is 0 Å². The predicted octanol–water partition coefficient (Wildman–Crippen LogP) is 3.97. The Morgan fingerprint density at radius 3 is 2.28 bits per heavy atom. The van der Waals surface area contributed by atoms with Crippen molar-refractivity contribution in [3.8, 4) is 11.8 Å². The van der Waals surface area contributed by atoms with Crippen molar-refractivity contribution in [2.24, 2.45) is 0 Å². The number of hydrogen-bond acceptors (Lipinski definition) is 4. The summed E-state index contributed by atoms with van der Waals surface area (Å²) in [4.78, 5) is 12.1. The first kappa shape index (κ1) is 20.1. The van der Waals surface area contributed by atoms with E-state index in [1.165, 1.54) is 0 Å². The molecule has 0 heterocycles. The molecule has 0 saturated carbocycles. The molecule has 29 heavy (non-hydrogen) atoms. The van der Waals surface area contributed by atoms with Crippen molar-refractivity contribution in [2.75, 3.05) is 6.61 Å². The zero-order valence-electron chi connectivity index (χ0n) is 16.0. The van der Waals surface area contributed by atoms with Crippen molar-refractivity contribution in [1.82, 2.24) is 5.32 Å². The molecular formula is C24H22N2O3. The van der Waals surface area contributed by atoms with E-state index >= 15 is 0 Å². The Bertz CT molecular complexity index is 963. The number of benzene rings is 3. The summed E-state index contributed by atoms with van der Waals surface area (Å²) in [6.07, 6.45) is 0. The van der Waals surface area contributed by atoms with Gasteiger partial charge in [-0.25, -0.2) is 0 Å². The van der Waals surface area contributed by atoms with E-state index in [1.807, 2.05) is 60.7 Å². The van der Waals surface area contributed by atoms with E-state index in [4.69, 9.17) is 14.7 Å². The number of amides is 1. The number of ether oxygens (including phenoxy) is 2. The van der Waals surface area contributed by atoms with E-state index in [2.05, 4.69) is 5.32 Å². The van der Waals surface area contributed by atoms with Crippen LogP contribution in [0, 0.1) is 11.3 Å². The predicted molar refractivity (Wildman–Crippen MR) is 110 cm³/mol. The van der Waals surface area contributed by atoms with Gasteiger partial charge in [0.05, 0.1) is 24.8 Å². The summed E-state index contributed by atoms with van der Waals surface area (Å²) in [5.74, 6) is 0.336. The molecule has 0 aromatic heterocycles. The SMILES string of the molecule is N#Cc1ccc(OCC(=O)NCc2ccccc2COCc2ccccc2)cc1. The minimum atomic E-state index is -0.214. The van der Waals surface area contributed by atoms with E-state index in [0.29, 0.717) is 31.1 Å². The smallest absolute Gasteiger partial charge is 0.258 e. The van der Waals surface area contributed by atoms with Crippen molar-refractivity contribution in [1.29, 1.82) is 5.26 Å². The lowest BCUT2D eigenvalue weighted by molar-refractivity contribution is -0.123. The molecule has 0 radical (unpaired) electrons. The summed E-state index contributed by atoms with van der Waals surface area (Å²) in [6, 6.07) is 26.6. The van der Waals surface area contributed by atoms with Gasteiger partial charge in [-0.15, -0.1) is 0 Å². The molecule has 1 amide bonds. The van der Waals surface area contributed by atoms with Gasteiger partial charge in [-0.3, -0.25) is 4.79 Å². The van der Waals surface area contributed by atoms with Crippen LogP contribution in [0.3, 0.4) is 0 Å². The maximum atomic E-state index is 12.1. The minimum absolute atomic E-state index is 0.0847. The molecule has 146 valence electrons. The molecule has 3 aromatic carbocycles. The molecule has 3 aromatic rings. The van der Waals surface area contributed by atoms with Gasteiger partial charge in [-0.1, -0.05) is 54.6 Å². The molecule has 0 bridgehead atoms. The van der Waals surface area contributed by atoms with Crippen LogP contribution in [-0.2, 0) is 29.3 Å². The van der Waals surface area contributed by atoms with E-state index < -0.39 is 0 Å². The Morgan fingerprint density at radius 1 is 0.862 bits per heavy atom. The van der Waals surface area contributed by atoms with Crippen molar-refractivity contribution in [3.63, 3.8) is 0 Å². The summed E-state index contributed by atoms with van der Waals surface area (Å²) < 4.78 is 11.3. The average molecular weight is 386 g/mol. The van der Waals surface area contributed by atoms with Crippen LogP contribution >= 0.6 is 0 Å². The number of nitriles is 1.